The second-order valence-electron chi connectivity index (χ2n) is 6.64. The maximum absolute atomic E-state index is 12.3. The number of carbonyl (C=O) groups excluding carboxylic acids is 2. The minimum Gasteiger partial charge on any atom is -0.356 e. The van der Waals surface area contributed by atoms with Crippen LogP contribution in [0.5, 0.6) is 0 Å². The number of amides is 2. The lowest BCUT2D eigenvalue weighted by atomic mass is 9.96. The molecular weight excluding hydrogens is 330 g/mol. The average molecular weight is 362 g/mol. The van der Waals surface area contributed by atoms with E-state index in [2.05, 4.69) is 5.32 Å². The molecule has 140 valence electrons. The Balaban J connectivity index is 2.36. The van der Waals surface area contributed by atoms with Crippen LogP contribution in [0.3, 0.4) is 0 Å². The quantitative estimate of drug-likeness (QED) is 0.644. The van der Waals surface area contributed by atoms with Crippen molar-refractivity contribution < 1.29 is 18.0 Å². The van der Waals surface area contributed by atoms with Crippen molar-refractivity contribution in [2.45, 2.75) is 40.0 Å². The molecule has 2 amide bonds. The van der Waals surface area contributed by atoms with Gasteiger partial charge in [0.1, 0.15) is 0 Å². The Labute approximate surface area is 145 Å². The number of carbonyl (C=O) groups is 2. The molecule has 0 spiro atoms. The Bertz CT molecular complexity index is 533. The second-order valence-corrected chi connectivity index (χ2v) is 9.01. The van der Waals surface area contributed by atoms with E-state index in [1.807, 2.05) is 13.8 Å². The van der Waals surface area contributed by atoms with Crippen molar-refractivity contribution in [3.63, 3.8) is 0 Å². The van der Waals surface area contributed by atoms with E-state index in [1.54, 1.807) is 18.9 Å². The summed E-state index contributed by atoms with van der Waals surface area (Å²) in [4.78, 5) is 26.1. The Kier molecular flexibility index (Phi) is 8.15. The number of sulfonamides is 1. The van der Waals surface area contributed by atoms with Crippen LogP contribution in [0.1, 0.15) is 40.0 Å². The summed E-state index contributed by atoms with van der Waals surface area (Å²) in [5, 5.41) is 2.87. The van der Waals surface area contributed by atoms with Crippen LogP contribution < -0.4 is 5.32 Å². The fraction of sp³-hybridized carbons (Fsp3) is 0.875. The molecule has 0 bridgehead atoms. The zero-order valence-corrected chi connectivity index (χ0v) is 16.1. The molecule has 1 saturated heterocycles. The maximum atomic E-state index is 12.3. The summed E-state index contributed by atoms with van der Waals surface area (Å²) in [6.45, 7) is 7.38. The Morgan fingerprint density at radius 2 is 2.00 bits per heavy atom. The molecule has 1 aliphatic rings. The number of nitrogens with one attached hydrogen (secondary N) is 1. The summed E-state index contributed by atoms with van der Waals surface area (Å²) in [6.07, 6.45) is 2.20. The van der Waals surface area contributed by atoms with Crippen molar-refractivity contribution in [3.8, 4) is 0 Å². The van der Waals surface area contributed by atoms with Gasteiger partial charge in [0.15, 0.2) is 0 Å². The molecule has 1 heterocycles. The molecule has 8 heteroatoms. The van der Waals surface area contributed by atoms with Crippen LogP contribution in [0.4, 0.5) is 0 Å². The molecule has 1 fully saturated rings. The number of hydrogen-bond donors (Lipinski definition) is 1. The van der Waals surface area contributed by atoms with E-state index in [0.29, 0.717) is 26.1 Å². The minimum absolute atomic E-state index is 0.0442. The highest BCUT2D eigenvalue weighted by molar-refractivity contribution is 7.89. The van der Waals surface area contributed by atoms with Gasteiger partial charge in [0.2, 0.25) is 21.8 Å². The first-order valence-corrected chi connectivity index (χ1v) is 10.3. The van der Waals surface area contributed by atoms with Gasteiger partial charge in [-0.2, -0.15) is 0 Å². The Morgan fingerprint density at radius 1 is 1.33 bits per heavy atom. The van der Waals surface area contributed by atoms with Gasteiger partial charge < -0.3 is 10.2 Å². The van der Waals surface area contributed by atoms with Crippen LogP contribution in [0.25, 0.3) is 0 Å². The van der Waals surface area contributed by atoms with Gasteiger partial charge in [-0.15, -0.1) is 0 Å². The standard InChI is InChI=1S/C16H31N3O4S/c1-5-24(22,23)18(4)10-7-9-17-15(20)14-8-6-11-19(12-14)16(21)13(2)3/h13-14H,5-12H2,1-4H3,(H,17,20)/t14-/m0/s1. The van der Waals surface area contributed by atoms with E-state index < -0.39 is 10.0 Å². The van der Waals surface area contributed by atoms with E-state index in [4.69, 9.17) is 0 Å². The second kappa shape index (κ2) is 9.36. The van der Waals surface area contributed by atoms with Gasteiger partial charge in [0.25, 0.3) is 0 Å². The number of likely N-dealkylation sites (tertiary alicyclic amines) is 1. The molecule has 24 heavy (non-hydrogen) atoms. The number of hydrogen-bond acceptors (Lipinski definition) is 4. The normalized spacial score (nSPS) is 18.9. The van der Waals surface area contributed by atoms with Crippen molar-refractivity contribution in [1.82, 2.24) is 14.5 Å². The van der Waals surface area contributed by atoms with Gasteiger partial charge >= 0.3 is 0 Å². The molecule has 1 atom stereocenters. The van der Waals surface area contributed by atoms with Crippen LogP contribution in [0, 0.1) is 11.8 Å². The minimum atomic E-state index is -3.17. The Morgan fingerprint density at radius 3 is 2.58 bits per heavy atom. The summed E-state index contributed by atoms with van der Waals surface area (Å²) >= 11 is 0. The number of rotatable bonds is 8. The summed E-state index contributed by atoms with van der Waals surface area (Å²) in [5.74, 6) is -0.0879. The fourth-order valence-corrected chi connectivity index (χ4v) is 3.62. The van der Waals surface area contributed by atoms with Crippen molar-refractivity contribution in [1.29, 1.82) is 0 Å². The Hall–Kier alpha value is -1.15. The first kappa shape index (κ1) is 20.9. The molecular formula is C16H31N3O4S. The van der Waals surface area contributed by atoms with Crippen molar-refractivity contribution in [2.75, 3.05) is 39.0 Å². The van der Waals surface area contributed by atoms with E-state index in [9.17, 15) is 18.0 Å². The third-order valence-corrected chi connectivity index (χ3v) is 6.25. The third kappa shape index (κ3) is 6.05. The number of nitrogens with zero attached hydrogens (tertiary/aromatic N) is 2. The summed E-state index contributed by atoms with van der Waals surface area (Å²) in [5.41, 5.74) is 0. The van der Waals surface area contributed by atoms with Crippen LogP contribution >= 0.6 is 0 Å². The zero-order chi connectivity index (χ0) is 18.3. The highest BCUT2D eigenvalue weighted by Crippen LogP contribution is 2.18. The topological polar surface area (TPSA) is 86.8 Å². The lowest BCUT2D eigenvalue weighted by molar-refractivity contribution is -0.138. The average Bonchev–Trinajstić information content (AvgIpc) is 2.57. The van der Waals surface area contributed by atoms with Crippen LogP contribution in [0.2, 0.25) is 0 Å². The predicted molar refractivity (Wildman–Crippen MR) is 93.9 cm³/mol. The van der Waals surface area contributed by atoms with Gasteiger partial charge in [-0.3, -0.25) is 9.59 Å². The maximum Gasteiger partial charge on any atom is 0.225 e. The highest BCUT2D eigenvalue weighted by Gasteiger charge is 2.29. The van der Waals surface area contributed by atoms with Crippen LogP contribution in [-0.2, 0) is 19.6 Å². The predicted octanol–water partition coefficient (Wildman–Crippen LogP) is 0.669. The van der Waals surface area contributed by atoms with E-state index >= 15 is 0 Å². The van der Waals surface area contributed by atoms with Gasteiger partial charge in [0, 0.05) is 39.1 Å². The SMILES string of the molecule is CCS(=O)(=O)N(C)CCCNC(=O)[C@H]1CCCN(C(=O)C(C)C)C1. The smallest absolute Gasteiger partial charge is 0.225 e. The van der Waals surface area contributed by atoms with Crippen molar-refractivity contribution in [3.05, 3.63) is 0 Å². The van der Waals surface area contributed by atoms with Gasteiger partial charge in [0.05, 0.1) is 11.7 Å². The largest absolute Gasteiger partial charge is 0.356 e. The van der Waals surface area contributed by atoms with E-state index in [1.165, 1.54) is 4.31 Å². The first-order valence-electron chi connectivity index (χ1n) is 8.69. The van der Waals surface area contributed by atoms with Crippen molar-refractivity contribution >= 4 is 21.8 Å². The third-order valence-electron chi connectivity index (χ3n) is 4.39. The van der Waals surface area contributed by atoms with Gasteiger partial charge in [-0.25, -0.2) is 12.7 Å². The summed E-state index contributed by atoms with van der Waals surface area (Å²) < 4.78 is 24.6. The lowest BCUT2D eigenvalue weighted by Gasteiger charge is -2.33. The molecule has 0 unspecified atom stereocenters. The molecule has 1 rings (SSSR count). The molecule has 0 aromatic heterocycles. The van der Waals surface area contributed by atoms with Crippen molar-refractivity contribution in [2.24, 2.45) is 11.8 Å². The molecule has 0 aliphatic carbocycles. The molecule has 0 aromatic rings. The summed E-state index contributed by atoms with van der Waals surface area (Å²) in [7, 11) is -1.62. The fourth-order valence-electron chi connectivity index (χ4n) is 2.77. The van der Waals surface area contributed by atoms with Gasteiger partial charge in [-0.1, -0.05) is 13.8 Å². The van der Waals surface area contributed by atoms with Crippen LogP contribution in [0.15, 0.2) is 0 Å². The highest BCUT2D eigenvalue weighted by atomic mass is 32.2. The molecule has 1 aliphatic heterocycles. The zero-order valence-electron chi connectivity index (χ0n) is 15.2. The van der Waals surface area contributed by atoms with E-state index in [-0.39, 0.29) is 29.4 Å². The van der Waals surface area contributed by atoms with Crippen LogP contribution in [-0.4, -0.2) is 68.4 Å². The first-order chi connectivity index (χ1) is 11.2. The molecule has 0 radical (unpaired) electrons. The molecule has 0 aromatic carbocycles. The summed E-state index contributed by atoms with van der Waals surface area (Å²) in [6, 6.07) is 0. The molecule has 7 nitrogen and oxygen atoms in total. The monoisotopic (exact) mass is 361 g/mol. The molecule has 0 saturated carbocycles. The van der Waals surface area contributed by atoms with E-state index in [0.717, 1.165) is 19.4 Å². The van der Waals surface area contributed by atoms with Gasteiger partial charge in [-0.05, 0) is 26.2 Å². The lowest BCUT2D eigenvalue weighted by Crippen LogP contribution is -2.47. The molecule has 1 N–H and O–H groups in total. The number of piperidine rings is 1.